The molecule has 2 nitrogen and oxygen atoms in total. The zero-order valence-electron chi connectivity index (χ0n) is 9.80. The molecule has 0 bridgehead atoms. The van der Waals surface area contributed by atoms with Crippen molar-refractivity contribution in [2.75, 3.05) is 26.2 Å². The second-order valence-electron chi connectivity index (χ2n) is 5.85. The smallest absolute Gasteiger partial charge is 0.0334 e. The van der Waals surface area contributed by atoms with E-state index in [4.69, 9.17) is 0 Å². The van der Waals surface area contributed by atoms with Gasteiger partial charge in [0, 0.05) is 31.7 Å². The van der Waals surface area contributed by atoms with Crippen LogP contribution in [-0.4, -0.2) is 36.6 Å². The standard InChI is InChI=1S/C13H24N2/c1-2-7-13(6-1)11-14-8-9-15(13)10-12-4-3-5-12/h12,14H,1-11H2. The monoisotopic (exact) mass is 208 g/mol. The largest absolute Gasteiger partial charge is 0.314 e. The van der Waals surface area contributed by atoms with E-state index in [1.54, 1.807) is 0 Å². The van der Waals surface area contributed by atoms with Crippen molar-refractivity contribution < 1.29 is 0 Å². The number of hydrogen-bond acceptors (Lipinski definition) is 2. The van der Waals surface area contributed by atoms with Crippen LogP contribution in [0.25, 0.3) is 0 Å². The molecule has 0 aromatic heterocycles. The summed E-state index contributed by atoms with van der Waals surface area (Å²) in [6.07, 6.45) is 10.3. The molecule has 3 aliphatic rings. The molecule has 0 aromatic carbocycles. The van der Waals surface area contributed by atoms with Gasteiger partial charge in [-0.25, -0.2) is 0 Å². The first-order valence-corrected chi connectivity index (χ1v) is 6.85. The SMILES string of the molecule is C1CC(CN2CCNCC23CCCC3)C1. The van der Waals surface area contributed by atoms with Crippen LogP contribution in [0.1, 0.15) is 44.9 Å². The Bertz CT molecular complexity index is 217. The van der Waals surface area contributed by atoms with Crippen molar-refractivity contribution >= 4 is 0 Å². The van der Waals surface area contributed by atoms with Crippen LogP contribution in [0.3, 0.4) is 0 Å². The van der Waals surface area contributed by atoms with E-state index in [1.165, 1.54) is 71.1 Å². The first-order valence-electron chi connectivity index (χ1n) is 6.85. The molecular formula is C13H24N2. The molecule has 0 aromatic rings. The molecule has 3 fully saturated rings. The highest BCUT2D eigenvalue weighted by Gasteiger charge is 2.41. The fourth-order valence-corrected chi connectivity index (χ4v) is 3.68. The van der Waals surface area contributed by atoms with Gasteiger partial charge in [-0.3, -0.25) is 4.90 Å². The normalized spacial score (nSPS) is 32.0. The van der Waals surface area contributed by atoms with Crippen molar-refractivity contribution in [3.05, 3.63) is 0 Å². The zero-order valence-corrected chi connectivity index (χ0v) is 9.80. The molecule has 1 aliphatic heterocycles. The van der Waals surface area contributed by atoms with E-state index in [1.807, 2.05) is 0 Å². The number of nitrogens with one attached hydrogen (secondary N) is 1. The number of nitrogens with zero attached hydrogens (tertiary/aromatic N) is 1. The van der Waals surface area contributed by atoms with Crippen LogP contribution in [0.5, 0.6) is 0 Å². The Morgan fingerprint density at radius 1 is 1.13 bits per heavy atom. The number of piperazine rings is 1. The maximum Gasteiger partial charge on any atom is 0.0334 e. The van der Waals surface area contributed by atoms with E-state index in [-0.39, 0.29) is 0 Å². The molecule has 3 rings (SSSR count). The molecule has 2 saturated carbocycles. The van der Waals surface area contributed by atoms with Gasteiger partial charge in [-0.05, 0) is 31.6 Å². The Kier molecular flexibility index (Phi) is 2.73. The van der Waals surface area contributed by atoms with Gasteiger partial charge in [-0.1, -0.05) is 19.3 Å². The molecule has 1 heterocycles. The van der Waals surface area contributed by atoms with Crippen LogP contribution >= 0.6 is 0 Å². The third-order valence-electron chi connectivity index (χ3n) is 4.92. The summed E-state index contributed by atoms with van der Waals surface area (Å²) in [6, 6.07) is 0. The minimum absolute atomic E-state index is 0.577. The van der Waals surface area contributed by atoms with Crippen molar-refractivity contribution in [3.63, 3.8) is 0 Å². The quantitative estimate of drug-likeness (QED) is 0.747. The van der Waals surface area contributed by atoms with Gasteiger partial charge in [-0.2, -0.15) is 0 Å². The first kappa shape index (κ1) is 10.1. The van der Waals surface area contributed by atoms with Gasteiger partial charge in [0.2, 0.25) is 0 Å². The van der Waals surface area contributed by atoms with Gasteiger partial charge in [0.25, 0.3) is 0 Å². The fourth-order valence-electron chi connectivity index (χ4n) is 3.68. The molecular weight excluding hydrogens is 184 g/mol. The van der Waals surface area contributed by atoms with Crippen molar-refractivity contribution in [3.8, 4) is 0 Å². The van der Waals surface area contributed by atoms with Crippen LogP contribution < -0.4 is 5.32 Å². The Balaban J connectivity index is 1.66. The van der Waals surface area contributed by atoms with E-state index in [0.29, 0.717) is 5.54 Å². The van der Waals surface area contributed by atoms with E-state index in [2.05, 4.69) is 10.2 Å². The highest BCUT2D eigenvalue weighted by molar-refractivity contribution is 5.00. The van der Waals surface area contributed by atoms with Crippen molar-refractivity contribution in [2.45, 2.75) is 50.5 Å². The van der Waals surface area contributed by atoms with Crippen LogP contribution in [0.15, 0.2) is 0 Å². The van der Waals surface area contributed by atoms with Gasteiger partial charge in [0.1, 0.15) is 0 Å². The molecule has 2 heteroatoms. The second-order valence-corrected chi connectivity index (χ2v) is 5.85. The van der Waals surface area contributed by atoms with E-state index >= 15 is 0 Å². The van der Waals surface area contributed by atoms with Gasteiger partial charge in [-0.15, -0.1) is 0 Å². The van der Waals surface area contributed by atoms with E-state index < -0.39 is 0 Å². The van der Waals surface area contributed by atoms with Gasteiger partial charge < -0.3 is 5.32 Å². The lowest BCUT2D eigenvalue weighted by molar-refractivity contribution is 0.0356. The van der Waals surface area contributed by atoms with Crippen LogP contribution in [0.2, 0.25) is 0 Å². The molecule has 0 unspecified atom stereocenters. The fraction of sp³-hybridized carbons (Fsp3) is 1.00. The predicted octanol–water partition coefficient (Wildman–Crippen LogP) is 2.00. The van der Waals surface area contributed by atoms with Crippen molar-refractivity contribution in [2.24, 2.45) is 5.92 Å². The molecule has 1 saturated heterocycles. The lowest BCUT2D eigenvalue weighted by atomic mass is 9.83. The summed E-state index contributed by atoms with van der Waals surface area (Å²) in [4.78, 5) is 2.85. The first-order chi connectivity index (χ1) is 7.39. The van der Waals surface area contributed by atoms with E-state index in [0.717, 1.165) is 5.92 Å². The third kappa shape index (κ3) is 1.83. The van der Waals surface area contributed by atoms with Crippen LogP contribution in [-0.2, 0) is 0 Å². The van der Waals surface area contributed by atoms with Crippen LogP contribution in [0, 0.1) is 5.92 Å². The Morgan fingerprint density at radius 2 is 1.93 bits per heavy atom. The maximum absolute atomic E-state index is 3.62. The Hall–Kier alpha value is -0.0800. The zero-order chi connectivity index (χ0) is 10.1. The van der Waals surface area contributed by atoms with Crippen molar-refractivity contribution in [1.82, 2.24) is 10.2 Å². The lowest BCUT2D eigenvalue weighted by Gasteiger charge is -2.48. The molecule has 1 N–H and O–H groups in total. The predicted molar refractivity (Wildman–Crippen MR) is 63.0 cm³/mol. The summed E-state index contributed by atoms with van der Waals surface area (Å²) in [5.74, 6) is 1.04. The Morgan fingerprint density at radius 3 is 2.60 bits per heavy atom. The Labute approximate surface area is 93.4 Å². The number of rotatable bonds is 2. The summed E-state index contributed by atoms with van der Waals surface area (Å²) in [6.45, 7) is 5.19. The van der Waals surface area contributed by atoms with Gasteiger partial charge in [0.15, 0.2) is 0 Å². The number of hydrogen-bond donors (Lipinski definition) is 1. The van der Waals surface area contributed by atoms with Gasteiger partial charge >= 0.3 is 0 Å². The molecule has 1 spiro atoms. The summed E-state index contributed by atoms with van der Waals surface area (Å²) in [5.41, 5.74) is 0.577. The minimum Gasteiger partial charge on any atom is -0.314 e. The average molecular weight is 208 g/mol. The lowest BCUT2D eigenvalue weighted by Crippen LogP contribution is -2.61. The van der Waals surface area contributed by atoms with Gasteiger partial charge in [0.05, 0.1) is 0 Å². The maximum atomic E-state index is 3.62. The minimum atomic E-state index is 0.577. The molecule has 86 valence electrons. The molecule has 15 heavy (non-hydrogen) atoms. The highest BCUT2D eigenvalue weighted by atomic mass is 15.3. The summed E-state index contributed by atoms with van der Waals surface area (Å²) in [5, 5.41) is 3.62. The summed E-state index contributed by atoms with van der Waals surface area (Å²) >= 11 is 0. The third-order valence-corrected chi connectivity index (χ3v) is 4.92. The topological polar surface area (TPSA) is 15.3 Å². The van der Waals surface area contributed by atoms with Crippen molar-refractivity contribution in [1.29, 1.82) is 0 Å². The summed E-state index contributed by atoms with van der Waals surface area (Å²) < 4.78 is 0. The molecule has 0 radical (unpaired) electrons. The molecule has 0 amide bonds. The van der Waals surface area contributed by atoms with Crippen LogP contribution in [0.4, 0.5) is 0 Å². The molecule has 2 aliphatic carbocycles. The highest BCUT2D eigenvalue weighted by Crippen LogP contribution is 2.38. The second kappa shape index (κ2) is 4.06. The average Bonchev–Trinajstić information content (AvgIpc) is 2.63. The summed E-state index contributed by atoms with van der Waals surface area (Å²) in [7, 11) is 0. The van der Waals surface area contributed by atoms with E-state index in [9.17, 15) is 0 Å². The molecule has 0 atom stereocenters.